The first-order valence-corrected chi connectivity index (χ1v) is 7.76. The maximum Gasteiger partial charge on any atom is 0.267 e. The number of hydrogen-bond acceptors (Lipinski definition) is 2. The fourth-order valence-electron chi connectivity index (χ4n) is 2.73. The molecule has 114 valence electrons. The van der Waals surface area contributed by atoms with Crippen LogP contribution in [0.4, 0.5) is 5.69 Å². The molecular formula is C18H18ClNO2. The standard InChI is InChI=1S/C18H18ClNO2/c1-12-11-15(7-8-16(12)19)22-13(2)18(21)20-10-9-14-5-3-4-6-17(14)20/h3-8,11,13H,9-10H2,1-2H3/t13-/m1/s1. The second kappa shape index (κ2) is 6.01. The van der Waals surface area contributed by atoms with Crippen molar-refractivity contribution in [3.63, 3.8) is 0 Å². The number of fused-ring (bicyclic) bond motifs is 1. The maximum atomic E-state index is 12.6. The third-order valence-electron chi connectivity index (χ3n) is 3.94. The van der Waals surface area contributed by atoms with E-state index in [9.17, 15) is 4.79 Å². The van der Waals surface area contributed by atoms with E-state index in [1.807, 2.05) is 36.1 Å². The monoisotopic (exact) mass is 315 g/mol. The Morgan fingerprint density at radius 2 is 2.05 bits per heavy atom. The molecule has 3 rings (SSSR count). The van der Waals surface area contributed by atoms with Crippen molar-refractivity contribution in [3.05, 3.63) is 58.6 Å². The number of aryl methyl sites for hydroxylation is 1. The van der Waals surface area contributed by atoms with E-state index < -0.39 is 6.10 Å². The van der Waals surface area contributed by atoms with Crippen molar-refractivity contribution in [2.75, 3.05) is 11.4 Å². The third-order valence-corrected chi connectivity index (χ3v) is 4.37. The Kier molecular flexibility index (Phi) is 4.08. The number of anilines is 1. The molecule has 1 aliphatic rings. The van der Waals surface area contributed by atoms with Crippen LogP contribution in [-0.4, -0.2) is 18.6 Å². The number of amides is 1. The maximum absolute atomic E-state index is 12.6. The van der Waals surface area contributed by atoms with Gasteiger partial charge in [0.1, 0.15) is 5.75 Å². The van der Waals surface area contributed by atoms with Crippen LogP contribution in [0.15, 0.2) is 42.5 Å². The molecule has 4 heteroatoms. The van der Waals surface area contributed by atoms with E-state index in [2.05, 4.69) is 6.07 Å². The van der Waals surface area contributed by atoms with Crippen LogP contribution in [-0.2, 0) is 11.2 Å². The summed E-state index contributed by atoms with van der Waals surface area (Å²) in [5.74, 6) is 0.646. The van der Waals surface area contributed by atoms with Crippen molar-refractivity contribution in [2.45, 2.75) is 26.4 Å². The van der Waals surface area contributed by atoms with Crippen molar-refractivity contribution in [3.8, 4) is 5.75 Å². The molecule has 0 spiro atoms. The zero-order valence-corrected chi connectivity index (χ0v) is 13.4. The molecule has 0 aliphatic carbocycles. The van der Waals surface area contributed by atoms with Gasteiger partial charge in [0.25, 0.3) is 5.91 Å². The van der Waals surface area contributed by atoms with Gasteiger partial charge in [-0.15, -0.1) is 0 Å². The Morgan fingerprint density at radius 3 is 2.82 bits per heavy atom. The minimum absolute atomic E-state index is 0.0162. The SMILES string of the molecule is Cc1cc(O[C@H](C)C(=O)N2CCc3ccccc32)ccc1Cl. The topological polar surface area (TPSA) is 29.5 Å². The molecule has 0 radical (unpaired) electrons. The number of halogens is 1. The van der Waals surface area contributed by atoms with Gasteiger partial charge in [-0.25, -0.2) is 0 Å². The molecule has 1 heterocycles. The Labute approximate surface area is 135 Å². The molecule has 0 unspecified atom stereocenters. The predicted octanol–water partition coefficient (Wildman–Crippen LogP) is 4.01. The summed E-state index contributed by atoms with van der Waals surface area (Å²) in [4.78, 5) is 14.4. The molecule has 2 aromatic rings. The Balaban J connectivity index is 1.74. The van der Waals surface area contributed by atoms with Gasteiger partial charge in [0.2, 0.25) is 0 Å². The minimum Gasteiger partial charge on any atom is -0.481 e. The number of nitrogens with zero attached hydrogens (tertiary/aromatic N) is 1. The minimum atomic E-state index is -0.535. The molecule has 0 fully saturated rings. The largest absolute Gasteiger partial charge is 0.481 e. The Bertz CT molecular complexity index is 714. The molecule has 22 heavy (non-hydrogen) atoms. The number of ether oxygens (including phenoxy) is 1. The molecule has 0 bridgehead atoms. The van der Waals surface area contributed by atoms with Gasteiger partial charge < -0.3 is 9.64 Å². The van der Waals surface area contributed by atoms with Crippen molar-refractivity contribution in [1.82, 2.24) is 0 Å². The van der Waals surface area contributed by atoms with Gasteiger partial charge in [-0.3, -0.25) is 4.79 Å². The van der Waals surface area contributed by atoms with Gasteiger partial charge >= 0.3 is 0 Å². The average Bonchev–Trinajstić information content (AvgIpc) is 2.94. The molecular weight excluding hydrogens is 298 g/mol. The average molecular weight is 316 g/mol. The normalized spacial score (nSPS) is 14.6. The fraction of sp³-hybridized carbons (Fsp3) is 0.278. The summed E-state index contributed by atoms with van der Waals surface area (Å²) in [6, 6.07) is 13.4. The first-order chi connectivity index (χ1) is 10.6. The first kappa shape index (κ1) is 14.9. The van der Waals surface area contributed by atoms with Crippen LogP contribution < -0.4 is 9.64 Å². The summed E-state index contributed by atoms with van der Waals surface area (Å²) in [5, 5.41) is 0.694. The lowest BCUT2D eigenvalue weighted by atomic mass is 10.2. The summed E-state index contributed by atoms with van der Waals surface area (Å²) in [5.41, 5.74) is 3.14. The number of carbonyl (C=O) groups is 1. The van der Waals surface area contributed by atoms with E-state index in [0.29, 0.717) is 17.3 Å². The number of carbonyl (C=O) groups excluding carboxylic acids is 1. The lowest BCUT2D eigenvalue weighted by molar-refractivity contribution is -0.124. The highest BCUT2D eigenvalue weighted by Crippen LogP contribution is 2.29. The van der Waals surface area contributed by atoms with Gasteiger partial charge in [-0.05, 0) is 55.7 Å². The van der Waals surface area contributed by atoms with Gasteiger partial charge in [-0.1, -0.05) is 29.8 Å². The predicted molar refractivity (Wildman–Crippen MR) is 88.8 cm³/mol. The van der Waals surface area contributed by atoms with E-state index in [1.165, 1.54) is 5.56 Å². The lowest BCUT2D eigenvalue weighted by Gasteiger charge is -2.22. The fourth-order valence-corrected chi connectivity index (χ4v) is 2.85. The van der Waals surface area contributed by atoms with Gasteiger partial charge in [0, 0.05) is 17.3 Å². The van der Waals surface area contributed by atoms with Crippen LogP contribution in [0.5, 0.6) is 5.75 Å². The highest BCUT2D eigenvalue weighted by Gasteiger charge is 2.28. The second-order valence-corrected chi connectivity index (χ2v) is 5.95. The molecule has 0 saturated carbocycles. The number of rotatable bonds is 3. The van der Waals surface area contributed by atoms with Crippen molar-refractivity contribution >= 4 is 23.2 Å². The zero-order chi connectivity index (χ0) is 15.7. The van der Waals surface area contributed by atoms with E-state index >= 15 is 0 Å². The summed E-state index contributed by atoms with van der Waals surface area (Å²) in [6.07, 6.45) is 0.362. The molecule has 3 nitrogen and oxygen atoms in total. The molecule has 2 aromatic carbocycles. The Hall–Kier alpha value is -2.00. The van der Waals surface area contributed by atoms with E-state index in [4.69, 9.17) is 16.3 Å². The highest BCUT2D eigenvalue weighted by molar-refractivity contribution is 6.31. The third kappa shape index (κ3) is 2.81. The van der Waals surface area contributed by atoms with Gasteiger partial charge in [0.15, 0.2) is 6.10 Å². The number of hydrogen-bond donors (Lipinski definition) is 0. The highest BCUT2D eigenvalue weighted by atomic mass is 35.5. The molecule has 1 amide bonds. The van der Waals surface area contributed by atoms with Crippen molar-refractivity contribution in [1.29, 1.82) is 0 Å². The summed E-state index contributed by atoms with van der Waals surface area (Å²) >= 11 is 6.01. The number of benzene rings is 2. The van der Waals surface area contributed by atoms with E-state index in [0.717, 1.165) is 17.7 Å². The molecule has 0 N–H and O–H groups in total. The molecule has 1 aliphatic heterocycles. The van der Waals surface area contributed by atoms with Crippen molar-refractivity contribution < 1.29 is 9.53 Å². The second-order valence-electron chi connectivity index (χ2n) is 5.54. The van der Waals surface area contributed by atoms with Crippen LogP contribution in [0.25, 0.3) is 0 Å². The summed E-state index contributed by atoms with van der Waals surface area (Å²) < 4.78 is 5.79. The van der Waals surface area contributed by atoms with Crippen LogP contribution in [0.1, 0.15) is 18.1 Å². The van der Waals surface area contributed by atoms with Crippen LogP contribution in [0, 0.1) is 6.92 Å². The van der Waals surface area contributed by atoms with Crippen LogP contribution >= 0.6 is 11.6 Å². The van der Waals surface area contributed by atoms with Crippen LogP contribution in [0.3, 0.4) is 0 Å². The van der Waals surface area contributed by atoms with Crippen LogP contribution in [0.2, 0.25) is 5.02 Å². The van der Waals surface area contributed by atoms with Gasteiger partial charge in [-0.2, -0.15) is 0 Å². The first-order valence-electron chi connectivity index (χ1n) is 7.38. The Morgan fingerprint density at radius 1 is 1.27 bits per heavy atom. The summed E-state index contributed by atoms with van der Waals surface area (Å²) in [6.45, 7) is 4.41. The van der Waals surface area contributed by atoms with Gasteiger partial charge in [0.05, 0.1) is 0 Å². The van der Waals surface area contributed by atoms with E-state index in [1.54, 1.807) is 19.1 Å². The smallest absolute Gasteiger partial charge is 0.267 e. The van der Waals surface area contributed by atoms with Crippen molar-refractivity contribution in [2.24, 2.45) is 0 Å². The lowest BCUT2D eigenvalue weighted by Crippen LogP contribution is -2.39. The summed E-state index contributed by atoms with van der Waals surface area (Å²) in [7, 11) is 0. The zero-order valence-electron chi connectivity index (χ0n) is 12.7. The number of para-hydroxylation sites is 1. The quantitative estimate of drug-likeness (QED) is 0.856. The molecule has 1 atom stereocenters. The van der Waals surface area contributed by atoms with E-state index in [-0.39, 0.29) is 5.91 Å². The molecule has 0 saturated heterocycles. The molecule has 0 aromatic heterocycles.